The fraction of sp³-hybridized carbons (Fsp3) is 0. The Morgan fingerprint density at radius 2 is 1.82 bits per heavy atom. The maximum atomic E-state index is 11.9. The average molecular weight is 481 g/mol. The summed E-state index contributed by atoms with van der Waals surface area (Å²) in [6.07, 6.45) is 1.28. The lowest BCUT2D eigenvalue weighted by molar-refractivity contribution is -0.136. The molecule has 0 unspecified atom stereocenters. The van der Waals surface area contributed by atoms with Gasteiger partial charge in [0.15, 0.2) is 0 Å². The summed E-state index contributed by atoms with van der Waals surface area (Å²) in [5, 5.41) is 7.05. The number of rotatable bonds is 4. The number of halogens is 3. The van der Waals surface area contributed by atoms with Crippen LogP contribution in [0.4, 0.5) is 5.69 Å². The number of hydrogen-bond acceptors (Lipinski definition) is 4. The van der Waals surface area contributed by atoms with Crippen molar-refractivity contribution >= 4 is 62.8 Å². The number of hydrogen-bond donors (Lipinski definition) is 2. The van der Waals surface area contributed by atoms with Gasteiger partial charge in [0.1, 0.15) is 11.5 Å². The van der Waals surface area contributed by atoms with Crippen LogP contribution in [0.15, 0.2) is 68.6 Å². The summed E-state index contributed by atoms with van der Waals surface area (Å²) in [6.45, 7) is 0. The Labute approximate surface area is 178 Å². The SMILES string of the molecule is O=C(N/N=C/c1ccc(-c2ccc(Cl)c(Cl)c2)o1)C(=O)Nc1cccc(Br)c1. The van der Waals surface area contributed by atoms with Crippen molar-refractivity contribution in [2.45, 2.75) is 0 Å². The van der Waals surface area contributed by atoms with Crippen molar-refractivity contribution in [2.24, 2.45) is 5.10 Å². The van der Waals surface area contributed by atoms with Gasteiger partial charge in [-0.15, -0.1) is 0 Å². The molecule has 3 rings (SSSR count). The van der Waals surface area contributed by atoms with Gasteiger partial charge in [-0.2, -0.15) is 5.10 Å². The second kappa shape index (κ2) is 9.05. The third-order valence-corrected chi connectivity index (χ3v) is 4.71. The standard InChI is InChI=1S/C19H12BrCl2N3O3/c20-12-2-1-3-13(9-12)24-18(26)19(27)25-23-10-14-5-7-17(28-14)11-4-6-15(21)16(22)8-11/h1-10H,(H,24,26)(H,25,27)/b23-10+. The highest BCUT2D eigenvalue weighted by Gasteiger charge is 2.13. The molecule has 2 amide bonds. The van der Waals surface area contributed by atoms with Crippen LogP contribution >= 0.6 is 39.1 Å². The third kappa shape index (κ3) is 5.22. The molecule has 0 saturated carbocycles. The lowest BCUT2D eigenvalue weighted by atomic mass is 10.2. The number of nitrogens with zero attached hydrogens (tertiary/aromatic N) is 1. The Morgan fingerprint density at radius 1 is 1.00 bits per heavy atom. The Kier molecular flexibility index (Phi) is 6.51. The Morgan fingerprint density at radius 3 is 2.57 bits per heavy atom. The number of benzene rings is 2. The summed E-state index contributed by atoms with van der Waals surface area (Å²) in [6, 6.07) is 15.4. The van der Waals surface area contributed by atoms with Crippen LogP contribution in [0, 0.1) is 0 Å². The van der Waals surface area contributed by atoms with E-state index in [1.807, 2.05) is 0 Å². The van der Waals surface area contributed by atoms with Gasteiger partial charge >= 0.3 is 11.8 Å². The van der Waals surface area contributed by atoms with Gasteiger partial charge in [0, 0.05) is 15.7 Å². The highest BCUT2D eigenvalue weighted by molar-refractivity contribution is 9.10. The minimum absolute atomic E-state index is 0.383. The molecule has 0 radical (unpaired) electrons. The van der Waals surface area contributed by atoms with Gasteiger partial charge in [0.05, 0.1) is 16.3 Å². The lowest BCUT2D eigenvalue weighted by Crippen LogP contribution is -2.32. The van der Waals surface area contributed by atoms with E-state index in [0.717, 1.165) is 10.0 Å². The molecule has 0 aliphatic heterocycles. The number of furan rings is 1. The van der Waals surface area contributed by atoms with E-state index >= 15 is 0 Å². The first-order chi connectivity index (χ1) is 13.4. The molecule has 0 atom stereocenters. The summed E-state index contributed by atoms with van der Waals surface area (Å²) in [5.41, 5.74) is 3.36. The normalized spacial score (nSPS) is 10.8. The molecule has 2 N–H and O–H groups in total. The molecule has 142 valence electrons. The maximum absolute atomic E-state index is 11.9. The molecular formula is C19H12BrCl2N3O3. The first kappa shape index (κ1) is 20.1. The molecule has 3 aromatic rings. The first-order valence-corrected chi connectivity index (χ1v) is 9.42. The van der Waals surface area contributed by atoms with Gasteiger partial charge in [0.2, 0.25) is 0 Å². The van der Waals surface area contributed by atoms with Gasteiger partial charge in [-0.05, 0) is 48.5 Å². The topological polar surface area (TPSA) is 83.7 Å². The fourth-order valence-corrected chi connectivity index (χ4v) is 2.88. The van der Waals surface area contributed by atoms with Crippen LogP contribution in [0.2, 0.25) is 10.0 Å². The monoisotopic (exact) mass is 479 g/mol. The van der Waals surface area contributed by atoms with Crippen molar-refractivity contribution in [2.75, 3.05) is 5.32 Å². The van der Waals surface area contributed by atoms with E-state index in [-0.39, 0.29) is 0 Å². The predicted molar refractivity (Wildman–Crippen MR) is 113 cm³/mol. The van der Waals surface area contributed by atoms with Gasteiger partial charge in [0.25, 0.3) is 0 Å². The van der Waals surface area contributed by atoms with Crippen LogP contribution in [0.3, 0.4) is 0 Å². The molecule has 0 bridgehead atoms. The smallest absolute Gasteiger partial charge is 0.329 e. The summed E-state index contributed by atoms with van der Waals surface area (Å²) in [5.74, 6) is -0.814. The van der Waals surface area contributed by atoms with Crippen LogP contribution in [-0.4, -0.2) is 18.0 Å². The number of carbonyl (C=O) groups excluding carboxylic acids is 2. The number of hydrazone groups is 1. The van der Waals surface area contributed by atoms with Crippen LogP contribution in [0.1, 0.15) is 5.76 Å². The van der Waals surface area contributed by atoms with Crippen molar-refractivity contribution in [1.82, 2.24) is 5.43 Å². The van der Waals surface area contributed by atoms with E-state index in [0.29, 0.717) is 27.3 Å². The maximum Gasteiger partial charge on any atom is 0.329 e. The molecule has 1 heterocycles. The predicted octanol–water partition coefficient (Wildman–Crippen LogP) is 5.10. The summed E-state index contributed by atoms with van der Waals surface area (Å²) in [7, 11) is 0. The minimum atomic E-state index is -0.910. The molecular weight excluding hydrogens is 469 g/mol. The fourth-order valence-electron chi connectivity index (χ4n) is 2.19. The van der Waals surface area contributed by atoms with Gasteiger partial charge < -0.3 is 9.73 Å². The Bertz CT molecular complexity index is 1070. The summed E-state index contributed by atoms with van der Waals surface area (Å²) >= 11 is 15.2. The van der Waals surface area contributed by atoms with Crippen LogP contribution in [0.5, 0.6) is 0 Å². The second-order valence-electron chi connectivity index (χ2n) is 5.49. The van der Waals surface area contributed by atoms with E-state index < -0.39 is 11.8 Å². The van der Waals surface area contributed by atoms with Crippen molar-refractivity contribution in [1.29, 1.82) is 0 Å². The van der Waals surface area contributed by atoms with Crippen LogP contribution in [-0.2, 0) is 9.59 Å². The minimum Gasteiger partial charge on any atom is -0.455 e. The molecule has 0 spiro atoms. The zero-order valence-corrected chi connectivity index (χ0v) is 17.2. The van der Waals surface area contributed by atoms with Gasteiger partial charge in [-0.25, -0.2) is 5.43 Å². The van der Waals surface area contributed by atoms with Crippen molar-refractivity contribution in [3.8, 4) is 11.3 Å². The van der Waals surface area contributed by atoms with Crippen molar-refractivity contribution < 1.29 is 14.0 Å². The zero-order valence-electron chi connectivity index (χ0n) is 14.1. The van der Waals surface area contributed by atoms with Crippen LogP contribution in [0.25, 0.3) is 11.3 Å². The highest BCUT2D eigenvalue weighted by atomic mass is 79.9. The average Bonchev–Trinajstić information content (AvgIpc) is 3.13. The molecule has 6 nitrogen and oxygen atoms in total. The number of nitrogens with one attached hydrogen (secondary N) is 2. The molecule has 0 saturated heterocycles. The number of amides is 2. The quantitative estimate of drug-likeness (QED) is 0.309. The van der Waals surface area contributed by atoms with Gasteiger partial charge in [-0.1, -0.05) is 45.2 Å². The highest BCUT2D eigenvalue weighted by Crippen LogP contribution is 2.29. The molecule has 0 fully saturated rings. The molecule has 1 aromatic heterocycles. The van der Waals surface area contributed by atoms with E-state index in [9.17, 15) is 9.59 Å². The molecule has 28 heavy (non-hydrogen) atoms. The molecule has 2 aromatic carbocycles. The number of anilines is 1. The number of carbonyl (C=O) groups is 2. The Balaban J connectivity index is 1.58. The van der Waals surface area contributed by atoms with E-state index in [4.69, 9.17) is 27.6 Å². The second-order valence-corrected chi connectivity index (χ2v) is 7.22. The largest absolute Gasteiger partial charge is 0.455 e. The summed E-state index contributed by atoms with van der Waals surface area (Å²) < 4.78 is 6.38. The van der Waals surface area contributed by atoms with Gasteiger partial charge in [-0.3, -0.25) is 9.59 Å². The first-order valence-electron chi connectivity index (χ1n) is 7.87. The summed E-state index contributed by atoms with van der Waals surface area (Å²) in [4.78, 5) is 23.7. The van der Waals surface area contributed by atoms with Crippen molar-refractivity contribution in [3.05, 3.63) is 74.9 Å². The molecule has 0 aliphatic carbocycles. The Hall–Kier alpha value is -2.61. The van der Waals surface area contributed by atoms with E-state index in [1.165, 1.54) is 6.21 Å². The lowest BCUT2D eigenvalue weighted by Gasteiger charge is -2.03. The van der Waals surface area contributed by atoms with Crippen LogP contribution < -0.4 is 10.7 Å². The van der Waals surface area contributed by atoms with E-state index in [1.54, 1.807) is 54.6 Å². The molecule has 0 aliphatic rings. The van der Waals surface area contributed by atoms with Crippen molar-refractivity contribution in [3.63, 3.8) is 0 Å². The zero-order chi connectivity index (χ0) is 20.1. The third-order valence-electron chi connectivity index (χ3n) is 3.48. The molecule has 9 heteroatoms. The van der Waals surface area contributed by atoms with E-state index in [2.05, 4.69) is 31.8 Å².